The summed E-state index contributed by atoms with van der Waals surface area (Å²) in [6.07, 6.45) is 4.94. The van der Waals surface area contributed by atoms with Crippen LogP contribution in [-0.4, -0.2) is 30.8 Å². The molecule has 8 heteroatoms. The standard InChI is InChI=1S/C14H18N4O2S.ClH/c15-8-14(11-6-7-11)17-21(19,20)13-9-16-18(10-13)12-4-2-1-3-5-12;/h1-5,9-11,14,17H,6-8,15H2;1H. The van der Waals surface area contributed by atoms with Crippen molar-refractivity contribution in [1.82, 2.24) is 14.5 Å². The van der Waals surface area contributed by atoms with Crippen molar-refractivity contribution in [1.29, 1.82) is 0 Å². The summed E-state index contributed by atoms with van der Waals surface area (Å²) in [4.78, 5) is 0.158. The van der Waals surface area contributed by atoms with Crippen LogP contribution in [-0.2, 0) is 10.0 Å². The van der Waals surface area contributed by atoms with E-state index in [-0.39, 0.29) is 23.3 Å². The van der Waals surface area contributed by atoms with E-state index in [1.807, 2.05) is 30.3 Å². The Labute approximate surface area is 136 Å². The SMILES string of the molecule is Cl.NCC(NS(=O)(=O)c1cnn(-c2ccccc2)c1)C1CC1. The van der Waals surface area contributed by atoms with Gasteiger partial charge in [-0.2, -0.15) is 5.10 Å². The van der Waals surface area contributed by atoms with Gasteiger partial charge in [-0.15, -0.1) is 12.4 Å². The number of hydrogen-bond acceptors (Lipinski definition) is 4. The predicted molar refractivity (Wildman–Crippen MR) is 86.7 cm³/mol. The third kappa shape index (κ3) is 3.67. The van der Waals surface area contributed by atoms with Gasteiger partial charge in [-0.25, -0.2) is 17.8 Å². The lowest BCUT2D eigenvalue weighted by Gasteiger charge is -2.15. The number of aromatic nitrogens is 2. The second-order valence-corrected chi connectivity index (χ2v) is 6.97. The molecule has 1 unspecified atom stereocenters. The van der Waals surface area contributed by atoms with Crippen LogP contribution >= 0.6 is 12.4 Å². The average Bonchev–Trinajstić information content (AvgIpc) is 3.21. The Bertz CT molecular complexity index is 713. The molecular formula is C14H19ClN4O2S. The van der Waals surface area contributed by atoms with Crippen molar-refractivity contribution in [2.24, 2.45) is 11.7 Å². The minimum absolute atomic E-state index is 0. The van der Waals surface area contributed by atoms with E-state index >= 15 is 0 Å². The zero-order chi connectivity index (χ0) is 14.9. The number of hydrogen-bond donors (Lipinski definition) is 2. The topological polar surface area (TPSA) is 90.0 Å². The number of sulfonamides is 1. The first-order chi connectivity index (χ1) is 10.1. The second-order valence-electron chi connectivity index (χ2n) is 5.26. The molecule has 0 saturated heterocycles. The molecule has 1 aliphatic rings. The summed E-state index contributed by atoms with van der Waals surface area (Å²) in [6.45, 7) is 0.316. The van der Waals surface area contributed by atoms with Crippen molar-refractivity contribution in [3.63, 3.8) is 0 Å². The molecule has 1 aliphatic carbocycles. The molecule has 0 spiro atoms. The molecule has 2 aromatic rings. The largest absolute Gasteiger partial charge is 0.329 e. The Morgan fingerprint density at radius 1 is 1.32 bits per heavy atom. The van der Waals surface area contributed by atoms with Gasteiger partial charge < -0.3 is 5.73 Å². The van der Waals surface area contributed by atoms with E-state index in [0.29, 0.717) is 12.5 Å². The highest BCUT2D eigenvalue weighted by molar-refractivity contribution is 7.89. The lowest BCUT2D eigenvalue weighted by Crippen LogP contribution is -2.41. The van der Waals surface area contributed by atoms with Crippen molar-refractivity contribution in [3.05, 3.63) is 42.7 Å². The van der Waals surface area contributed by atoms with Crippen LogP contribution in [0.15, 0.2) is 47.6 Å². The van der Waals surface area contributed by atoms with Crippen molar-refractivity contribution in [2.75, 3.05) is 6.54 Å². The summed E-state index contributed by atoms with van der Waals surface area (Å²) in [6, 6.07) is 9.19. The van der Waals surface area contributed by atoms with Gasteiger partial charge in [0.25, 0.3) is 0 Å². The third-order valence-corrected chi connectivity index (χ3v) is 5.09. The maximum atomic E-state index is 12.4. The van der Waals surface area contributed by atoms with Crippen molar-refractivity contribution in [2.45, 2.75) is 23.8 Å². The zero-order valence-corrected chi connectivity index (χ0v) is 13.6. The number of rotatable bonds is 6. The van der Waals surface area contributed by atoms with E-state index in [1.165, 1.54) is 12.4 Å². The molecule has 1 saturated carbocycles. The van der Waals surface area contributed by atoms with Gasteiger partial charge in [0.1, 0.15) is 4.90 Å². The van der Waals surface area contributed by atoms with E-state index < -0.39 is 10.0 Å². The first-order valence-corrected chi connectivity index (χ1v) is 8.41. The van der Waals surface area contributed by atoms with Gasteiger partial charge >= 0.3 is 0 Å². The van der Waals surface area contributed by atoms with E-state index in [4.69, 9.17) is 5.73 Å². The molecule has 6 nitrogen and oxygen atoms in total. The number of halogens is 1. The first kappa shape index (κ1) is 17.0. The Morgan fingerprint density at radius 3 is 2.59 bits per heavy atom. The Balaban J connectivity index is 0.00000176. The van der Waals surface area contributed by atoms with Gasteiger partial charge in [0.05, 0.1) is 18.1 Å². The third-order valence-electron chi connectivity index (χ3n) is 3.64. The average molecular weight is 343 g/mol. The Morgan fingerprint density at radius 2 is 2.00 bits per heavy atom. The minimum Gasteiger partial charge on any atom is -0.329 e. The van der Waals surface area contributed by atoms with E-state index in [9.17, 15) is 8.42 Å². The molecule has 22 heavy (non-hydrogen) atoms. The van der Waals surface area contributed by atoms with Crippen LogP contribution in [0.5, 0.6) is 0 Å². The van der Waals surface area contributed by atoms with Crippen LogP contribution in [0.25, 0.3) is 5.69 Å². The Hall–Kier alpha value is -1.41. The summed E-state index contributed by atoms with van der Waals surface area (Å²) in [7, 11) is -3.58. The number of nitrogens with two attached hydrogens (primary N) is 1. The highest BCUT2D eigenvalue weighted by atomic mass is 35.5. The first-order valence-electron chi connectivity index (χ1n) is 6.92. The minimum atomic E-state index is -3.58. The quantitative estimate of drug-likeness (QED) is 0.828. The molecule has 1 fully saturated rings. The summed E-state index contributed by atoms with van der Waals surface area (Å²) in [5, 5.41) is 4.11. The summed E-state index contributed by atoms with van der Waals surface area (Å²) >= 11 is 0. The lowest BCUT2D eigenvalue weighted by molar-refractivity contribution is 0.519. The van der Waals surface area contributed by atoms with Crippen molar-refractivity contribution in [3.8, 4) is 5.69 Å². The summed E-state index contributed by atoms with van der Waals surface area (Å²) in [5.41, 5.74) is 6.46. The van der Waals surface area contributed by atoms with Crippen LogP contribution in [0, 0.1) is 5.92 Å². The molecule has 1 atom stereocenters. The summed E-state index contributed by atoms with van der Waals surface area (Å²) < 4.78 is 28.9. The second kappa shape index (κ2) is 6.78. The Kier molecular flexibility index (Phi) is 5.23. The fourth-order valence-electron chi connectivity index (χ4n) is 2.27. The monoisotopic (exact) mass is 342 g/mol. The van der Waals surface area contributed by atoms with Crippen LogP contribution in [0.3, 0.4) is 0 Å². The number of para-hydroxylation sites is 1. The zero-order valence-electron chi connectivity index (χ0n) is 11.9. The van der Waals surface area contributed by atoms with Crippen LogP contribution in [0.2, 0.25) is 0 Å². The van der Waals surface area contributed by atoms with E-state index in [0.717, 1.165) is 18.5 Å². The normalized spacial score (nSPS) is 16.0. The molecule has 0 radical (unpaired) electrons. The molecule has 0 aliphatic heterocycles. The smallest absolute Gasteiger partial charge is 0.244 e. The van der Waals surface area contributed by atoms with Gasteiger partial charge in [0, 0.05) is 12.6 Å². The molecule has 0 bridgehead atoms. The number of benzene rings is 1. The van der Waals surface area contributed by atoms with Gasteiger partial charge in [0.15, 0.2) is 0 Å². The highest BCUT2D eigenvalue weighted by Gasteiger charge is 2.33. The molecule has 1 aromatic heterocycles. The molecular weight excluding hydrogens is 324 g/mol. The van der Waals surface area contributed by atoms with Crippen molar-refractivity contribution >= 4 is 22.4 Å². The maximum absolute atomic E-state index is 12.4. The fourth-order valence-corrected chi connectivity index (χ4v) is 3.52. The maximum Gasteiger partial charge on any atom is 0.244 e. The van der Waals surface area contributed by atoms with Gasteiger partial charge in [-0.05, 0) is 30.9 Å². The molecule has 1 heterocycles. The van der Waals surface area contributed by atoms with Crippen molar-refractivity contribution < 1.29 is 8.42 Å². The fraction of sp³-hybridized carbons (Fsp3) is 0.357. The molecule has 3 rings (SSSR count). The van der Waals surface area contributed by atoms with E-state index in [1.54, 1.807) is 4.68 Å². The van der Waals surface area contributed by atoms with Gasteiger partial charge in [-0.1, -0.05) is 18.2 Å². The highest BCUT2D eigenvalue weighted by Crippen LogP contribution is 2.32. The number of nitrogens with one attached hydrogen (secondary N) is 1. The molecule has 120 valence electrons. The molecule has 0 amide bonds. The van der Waals surface area contributed by atoms with Gasteiger partial charge in [-0.3, -0.25) is 0 Å². The molecule has 1 aromatic carbocycles. The predicted octanol–water partition coefficient (Wildman–Crippen LogP) is 1.31. The van der Waals surface area contributed by atoms with Crippen LogP contribution < -0.4 is 10.5 Å². The van der Waals surface area contributed by atoms with E-state index in [2.05, 4.69) is 9.82 Å². The lowest BCUT2D eigenvalue weighted by atomic mass is 10.2. The van der Waals surface area contributed by atoms with Crippen LogP contribution in [0.1, 0.15) is 12.8 Å². The molecule has 3 N–H and O–H groups in total. The van der Waals surface area contributed by atoms with Gasteiger partial charge in [0.2, 0.25) is 10.0 Å². The van der Waals surface area contributed by atoms with Crippen LogP contribution in [0.4, 0.5) is 0 Å². The number of nitrogens with zero attached hydrogens (tertiary/aromatic N) is 2. The summed E-state index contributed by atoms with van der Waals surface area (Å²) in [5.74, 6) is 0.369.